The fourth-order valence-corrected chi connectivity index (χ4v) is 2.72. The molecule has 0 saturated carbocycles. The summed E-state index contributed by atoms with van der Waals surface area (Å²) < 4.78 is 3.21. The van der Waals surface area contributed by atoms with E-state index >= 15 is 0 Å². The number of hydrogen-bond acceptors (Lipinski definition) is 5. The zero-order chi connectivity index (χ0) is 15.1. The maximum Gasteiger partial charge on any atom is 0.266 e. The number of rotatable bonds is 2. The fraction of sp³-hybridized carbons (Fsp3) is 0.0667. The molecule has 3 aromatic heterocycles. The van der Waals surface area contributed by atoms with Gasteiger partial charge in [0.1, 0.15) is 0 Å². The van der Waals surface area contributed by atoms with Crippen molar-refractivity contribution in [3.63, 3.8) is 0 Å². The predicted octanol–water partition coefficient (Wildman–Crippen LogP) is 2.15. The van der Waals surface area contributed by atoms with E-state index < -0.39 is 0 Å². The molecule has 0 amide bonds. The van der Waals surface area contributed by atoms with Crippen molar-refractivity contribution in [2.24, 2.45) is 0 Å². The predicted molar refractivity (Wildman–Crippen MR) is 85.7 cm³/mol. The van der Waals surface area contributed by atoms with Crippen LogP contribution in [0.3, 0.4) is 0 Å². The number of aromatic nitrogens is 5. The largest absolute Gasteiger partial charge is 0.284 e. The standard InChI is InChI=1S/C15H11N5OS/c1-22-15-17-14-16-9-11-12(20(14)18-15)7-8-19(13(11)21)10-5-3-2-4-6-10/h2-9H,1H3. The highest BCUT2D eigenvalue weighted by molar-refractivity contribution is 7.98. The van der Waals surface area contributed by atoms with E-state index in [-0.39, 0.29) is 5.56 Å². The van der Waals surface area contributed by atoms with Gasteiger partial charge in [-0.15, -0.1) is 5.10 Å². The first-order valence-corrected chi connectivity index (χ1v) is 7.87. The molecule has 4 aromatic rings. The highest BCUT2D eigenvalue weighted by Gasteiger charge is 2.11. The smallest absolute Gasteiger partial charge is 0.266 e. The Bertz CT molecular complexity index is 1040. The molecule has 0 unspecified atom stereocenters. The fourth-order valence-electron chi connectivity index (χ4n) is 2.38. The minimum atomic E-state index is -0.126. The zero-order valence-electron chi connectivity index (χ0n) is 11.7. The van der Waals surface area contributed by atoms with Crippen LogP contribution in [-0.2, 0) is 0 Å². The van der Waals surface area contributed by atoms with Crippen LogP contribution < -0.4 is 5.56 Å². The van der Waals surface area contributed by atoms with Gasteiger partial charge in [-0.2, -0.15) is 9.50 Å². The van der Waals surface area contributed by atoms with Crippen molar-refractivity contribution in [1.29, 1.82) is 0 Å². The highest BCUT2D eigenvalue weighted by atomic mass is 32.2. The monoisotopic (exact) mass is 309 g/mol. The Morgan fingerprint density at radius 1 is 1.14 bits per heavy atom. The summed E-state index contributed by atoms with van der Waals surface area (Å²) in [5, 5.41) is 5.50. The second kappa shape index (κ2) is 4.96. The van der Waals surface area contributed by atoms with Gasteiger partial charge in [0.15, 0.2) is 0 Å². The molecule has 0 N–H and O–H groups in total. The molecule has 0 saturated heterocycles. The average Bonchev–Trinajstić information content (AvgIpc) is 2.99. The van der Waals surface area contributed by atoms with Gasteiger partial charge in [0.2, 0.25) is 5.16 Å². The van der Waals surface area contributed by atoms with Gasteiger partial charge < -0.3 is 0 Å². The third kappa shape index (κ3) is 1.90. The van der Waals surface area contributed by atoms with Gasteiger partial charge in [-0.1, -0.05) is 30.0 Å². The Kier molecular flexibility index (Phi) is 2.93. The van der Waals surface area contributed by atoms with Crippen LogP contribution in [-0.4, -0.2) is 30.4 Å². The third-order valence-corrected chi connectivity index (χ3v) is 3.97. The van der Waals surface area contributed by atoms with E-state index in [0.29, 0.717) is 21.8 Å². The Balaban J connectivity index is 2.04. The van der Waals surface area contributed by atoms with Gasteiger partial charge >= 0.3 is 0 Å². The molecule has 7 heteroatoms. The van der Waals surface area contributed by atoms with Crippen molar-refractivity contribution in [3.05, 3.63) is 59.1 Å². The molecule has 22 heavy (non-hydrogen) atoms. The summed E-state index contributed by atoms with van der Waals surface area (Å²) >= 11 is 1.44. The lowest BCUT2D eigenvalue weighted by Gasteiger charge is -2.07. The van der Waals surface area contributed by atoms with Crippen LogP contribution in [0, 0.1) is 0 Å². The Morgan fingerprint density at radius 3 is 2.73 bits per heavy atom. The van der Waals surface area contributed by atoms with E-state index in [1.165, 1.54) is 11.8 Å². The minimum absolute atomic E-state index is 0.126. The van der Waals surface area contributed by atoms with Gasteiger partial charge in [-0.25, -0.2) is 4.98 Å². The second-order valence-corrected chi connectivity index (χ2v) is 5.47. The molecule has 108 valence electrons. The summed E-state index contributed by atoms with van der Waals surface area (Å²) in [7, 11) is 0. The lowest BCUT2D eigenvalue weighted by Crippen LogP contribution is -2.18. The maximum atomic E-state index is 12.7. The molecule has 1 aromatic carbocycles. The molecule has 6 nitrogen and oxygen atoms in total. The summed E-state index contributed by atoms with van der Waals surface area (Å²) in [6, 6.07) is 11.4. The van der Waals surface area contributed by atoms with Crippen molar-refractivity contribution in [2.45, 2.75) is 5.16 Å². The van der Waals surface area contributed by atoms with Gasteiger partial charge in [0, 0.05) is 18.1 Å². The van der Waals surface area contributed by atoms with E-state index in [2.05, 4.69) is 15.1 Å². The van der Waals surface area contributed by atoms with Gasteiger partial charge in [0.25, 0.3) is 11.3 Å². The molecule has 4 rings (SSSR count). The van der Waals surface area contributed by atoms with Crippen LogP contribution in [0.15, 0.2) is 58.7 Å². The van der Waals surface area contributed by atoms with Crippen LogP contribution in [0.4, 0.5) is 0 Å². The Hall–Kier alpha value is -2.67. The van der Waals surface area contributed by atoms with Crippen LogP contribution in [0.5, 0.6) is 0 Å². The van der Waals surface area contributed by atoms with Crippen LogP contribution in [0.1, 0.15) is 0 Å². The van der Waals surface area contributed by atoms with Gasteiger partial charge in [0.05, 0.1) is 10.9 Å². The normalized spacial score (nSPS) is 11.3. The molecule has 0 bridgehead atoms. The molecular formula is C15H11N5OS. The summed E-state index contributed by atoms with van der Waals surface area (Å²) in [4.78, 5) is 21.2. The molecule has 0 radical (unpaired) electrons. The van der Waals surface area contributed by atoms with Crippen molar-refractivity contribution in [3.8, 4) is 5.69 Å². The first-order chi connectivity index (χ1) is 10.8. The number of hydrogen-bond donors (Lipinski definition) is 0. The quantitative estimate of drug-likeness (QED) is 0.531. The van der Waals surface area contributed by atoms with Gasteiger partial charge in [-0.3, -0.25) is 9.36 Å². The van der Waals surface area contributed by atoms with Crippen molar-refractivity contribution < 1.29 is 0 Å². The summed E-state index contributed by atoms with van der Waals surface area (Å²) in [6.07, 6.45) is 5.21. The minimum Gasteiger partial charge on any atom is -0.284 e. The molecule has 0 aliphatic rings. The summed E-state index contributed by atoms with van der Waals surface area (Å²) in [6.45, 7) is 0. The van der Waals surface area contributed by atoms with Gasteiger partial charge in [-0.05, 0) is 24.5 Å². The highest BCUT2D eigenvalue weighted by Crippen LogP contribution is 2.15. The van der Waals surface area contributed by atoms with E-state index in [4.69, 9.17) is 0 Å². The number of thioether (sulfide) groups is 1. The maximum absolute atomic E-state index is 12.7. The molecule has 3 heterocycles. The molecule has 0 atom stereocenters. The van der Waals surface area contributed by atoms with Crippen LogP contribution in [0.2, 0.25) is 0 Å². The Morgan fingerprint density at radius 2 is 1.95 bits per heavy atom. The van der Waals surface area contributed by atoms with Crippen molar-refractivity contribution in [2.75, 3.05) is 6.26 Å². The third-order valence-electron chi connectivity index (χ3n) is 3.43. The topological polar surface area (TPSA) is 65.1 Å². The summed E-state index contributed by atoms with van der Waals surface area (Å²) in [5.41, 5.74) is 1.40. The number of nitrogens with zero attached hydrogens (tertiary/aromatic N) is 5. The molecule has 0 aliphatic carbocycles. The zero-order valence-corrected chi connectivity index (χ0v) is 12.5. The van der Waals surface area contributed by atoms with Crippen LogP contribution >= 0.6 is 11.8 Å². The lowest BCUT2D eigenvalue weighted by atomic mass is 10.2. The SMILES string of the molecule is CSc1nc2ncc3c(=O)n(-c4ccccc4)ccc3n2n1. The van der Waals surface area contributed by atoms with E-state index in [1.54, 1.807) is 21.5 Å². The van der Waals surface area contributed by atoms with Crippen molar-refractivity contribution >= 4 is 28.4 Å². The first kappa shape index (κ1) is 13.0. The second-order valence-electron chi connectivity index (χ2n) is 4.69. The van der Waals surface area contributed by atoms with Crippen LogP contribution in [0.25, 0.3) is 22.4 Å². The molecule has 0 spiro atoms. The van der Waals surface area contributed by atoms with E-state index in [1.807, 2.05) is 42.7 Å². The first-order valence-electron chi connectivity index (χ1n) is 6.64. The summed E-state index contributed by atoms with van der Waals surface area (Å²) in [5.74, 6) is 0.494. The molecular weight excluding hydrogens is 298 g/mol. The molecule has 0 fully saturated rings. The van der Waals surface area contributed by atoms with E-state index in [9.17, 15) is 4.79 Å². The average molecular weight is 309 g/mol. The number of benzene rings is 1. The number of para-hydroxylation sites is 1. The number of fused-ring (bicyclic) bond motifs is 3. The van der Waals surface area contributed by atoms with E-state index in [0.717, 1.165) is 5.69 Å². The Labute approximate surface area is 129 Å². The molecule has 0 aliphatic heterocycles. The lowest BCUT2D eigenvalue weighted by molar-refractivity contribution is 0.904. The van der Waals surface area contributed by atoms with Crippen molar-refractivity contribution in [1.82, 2.24) is 24.1 Å². The number of pyridine rings is 1.